The van der Waals surface area contributed by atoms with Gasteiger partial charge >= 0.3 is 13.4 Å². The minimum atomic E-state index is -3.70. The maximum Gasteiger partial charge on any atom is 0.380 e. The Morgan fingerprint density at radius 3 is 1.46 bits per heavy atom. The van der Waals surface area contributed by atoms with Crippen molar-refractivity contribution >= 4 is 58.6 Å². The van der Waals surface area contributed by atoms with E-state index >= 15 is 0 Å². The summed E-state index contributed by atoms with van der Waals surface area (Å²) in [5, 5.41) is 0. The van der Waals surface area contributed by atoms with Crippen molar-refractivity contribution in [2.45, 2.75) is 9.79 Å². The van der Waals surface area contributed by atoms with Crippen LogP contribution in [0.2, 0.25) is 0 Å². The molecule has 0 fully saturated rings. The maximum absolute atomic E-state index is 9.14. The van der Waals surface area contributed by atoms with E-state index in [9.17, 15) is 0 Å². The molecule has 12 heteroatoms. The highest BCUT2D eigenvalue weighted by molar-refractivity contribution is 8.76. The molecular weight excluding hydrogens is 454 g/mol. The minimum absolute atomic E-state index is 0.321. The zero-order valence-electron chi connectivity index (χ0n) is 13.7. The highest BCUT2D eigenvalue weighted by Gasteiger charge is 2.18. The second kappa shape index (κ2) is 9.89. The minimum Gasteiger partial charge on any atom is -0.424 e. The van der Waals surface area contributed by atoms with Crippen molar-refractivity contribution in [3.8, 4) is 11.5 Å². The summed E-state index contributed by atoms with van der Waals surface area (Å²) in [6.07, 6.45) is 0. The Balaban J connectivity index is 1.91. The molecule has 2 aromatic rings. The third kappa shape index (κ3) is 7.48. The molecule has 0 spiro atoms. The van der Waals surface area contributed by atoms with Gasteiger partial charge in [-0.2, -0.15) is 0 Å². The summed E-state index contributed by atoms with van der Waals surface area (Å²) in [6.45, 7) is -6.44. The van der Waals surface area contributed by atoms with Crippen molar-refractivity contribution in [2.24, 2.45) is 0 Å². The van der Waals surface area contributed by atoms with Crippen LogP contribution in [0, 0.1) is 0 Å². The molecular formula is C14H16O6P2S4. The molecule has 0 heterocycles. The molecule has 2 N–H and O–H groups in total. The molecule has 2 rings (SSSR count). The summed E-state index contributed by atoms with van der Waals surface area (Å²) in [5.74, 6) is 0.901. The first kappa shape index (κ1) is 22.2. The SMILES string of the molecule is COP(=S)(OC)Oc1ccc(SSc2ccc(OP(O)(O)=S)cc2)cc1. The quantitative estimate of drug-likeness (QED) is 0.387. The van der Waals surface area contributed by atoms with Crippen molar-refractivity contribution < 1.29 is 27.9 Å². The van der Waals surface area contributed by atoms with E-state index in [1.807, 2.05) is 24.3 Å². The summed E-state index contributed by atoms with van der Waals surface area (Å²) < 4.78 is 20.6. The lowest BCUT2D eigenvalue weighted by atomic mass is 10.3. The van der Waals surface area contributed by atoms with Gasteiger partial charge in [0, 0.05) is 47.6 Å². The third-order valence-electron chi connectivity index (χ3n) is 2.77. The molecule has 0 aliphatic rings. The second-order valence-electron chi connectivity index (χ2n) is 4.59. The summed E-state index contributed by atoms with van der Waals surface area (Å²) in [7, 11) is 6.02. The van der Waals surface area contributed by atoms with Gasteiger partial charge in [-0.3, -0.25) is 0 Å². The van der Waals surface area contributed by atoms with Crippen LogP contribution in [0.15, 0.2) is 58.3 Å². The zero-order chi connectivity index (χ0) is 19.2. The van der Waals surface area contributed by atoms with Gasteiger partial charge in [-0.25, -0.2) is 0 Å². The standard InChI is InChI=1S/C14H16O6P2S4/c1-17-22(24,18-2)20-12-5-9-14(10-6-12)26-25-13-7-3-11(4-8-13)19-21(15,16)23/h3-10H,1-2H3,(H2,15,16,23). The van der Waals surface area contributed by atoms with Crippen LogP contribution in [0.3, 0.4) is 0 Å². The molecule has 6 nitrogen and oxygen atoms in total. The van der Waals surface area contributed by atoms with Gasteiger partial charge in [-0.05, 0) is 48.5 Å². The molecule has 0 aliphatic heterocycles. The van der Waals surface area contributed by atoms with Gasteiger partial charge in [-0.15, -0.1) is 0 Å². The average molecular weight is 470 g/mol. The molecule has 0 amide bonds. The van der Waals surface area contributed by atoms with Gasteiger partial charge in [0.2, 0.25) is 0 Å². The lowest BCUT2D eigenvalue weighted by molar-refractivity contribution is 0.273. The Morgan fingerprint density at radius 1 is 0.731 bits per heavy atom. The van der Waals surface area contributed by atoms with Crippen LogP contribution in [0.1, 0.15) is 0 Å². The van der Waals surface area contributed by atoms with Gasteiger partial charge in [0.15, 0.2) is 0 Å². The second-order valence-corrected chi connectivity index (χ2v) is 12.6. The van der Waals surface area contributed by atoms with E-state index in [4.69, 9.17) is 39.7 Å². The predicted molar refractivity (Wildman–Crippen MR) is 113 cm³/mol. The molecule has 0 saturated carbocycles. The largest absolute Gasteiger partial charge is 0.424 e. The van der Waals surface area contributed by atoms with Crippen LogP contribution in [0.25, 0.3) is 0 Å². The van der Waals surface area contributed by atoms with Crippen LogP contribution >= 0.6 is 35.0 Å². The van der Waals surface area contributed by atoms with E-state index in [0.717, 1.165) is 9.79 Å². The molecule has 0 unspecified atom stereocenters. The molecule has 0 aromatic heterocycles. The first-order chi connectivity index (χ1) is 12.2. The average Bonchev–Trinajstić information content (AvgIpc) is 2.61. The van der Waals surface area contributed by atoms with Crippen LogP contribution < -0.4 is 9.05 Å². The van der Waals surface area contributed by atoms with Gasteiger partial charge in [0.1, 0.15) is 11.5 Å². The smallest absolute Gasteiger partial charge is 0.380 e. The Labute approximate surface area is 170 Å². The van der Waals surface area contributed by atoms with Gasteiger partial charge in [0.25, 0.3) is 0 Å². The molecule has 0 saturated heterocycles. The molecule has 26 heavy (non-hydrogen) atoms. The van der Waals surface area contributed by atoms with E-state index in [2.05, 4.69) is 11.8 Å². The van der Waals surface area contributed by atoms with Gasteiger partial charge < -0.3 is 27.9 Å². The third-order valence-corrected chi connectivity index (χ3v) is 8.31. The molecule has 0 atom stereocenters. The highest BCUT2D eigenvalue weighted by Crippen LogP contribution is 2.48. The van der Waals surface area contributed by atoms with Gasteiger partial charge in [-0.1, -0.05) is 21.6 Å². The van der Waals surface area contributed by atoms with Crippen molar-refractivity contribution in [3.63, 3.8) is 0 Å². The normalized spacial score (nSPS) is 12.0. The van der Waals surface area contributed by atoms with Crippen LogP contribution in [-0.2, 0) is 32.7 Å². The van der Waals surface area contributed by atoms with Crippen molar-refractivity contribution in [1.29, 1.82) is 0 Å². The lowest BCUT2D eigenvalue weighted by Crippen LogP contribution is -1.96. The topological polar surface area (TPSA) is 77.4 Å². The van der Waals surface area contributed by atoms with Crippen molar-refractivity contribution in [2.75, 3.05) is 14.2 Å². The first-order valence-electron chi connectivity index (χ1n) is 6.94. The fraction of sp³-hybridized carbons (Fsp3) is 0.143. The fourth-order valence-electron chi connectivity index (χ4n) is 1.62. The summed E-state index contributed by atoms with van der Waals surface area (Å²) >= 11 is 9.60. The molecule has 0 bridgehead atoms. The fourth-order valence-corrected chi connectivity index (χ4v) is 5.15. The summed E-state index contributed by atoms with van der Waals surface area (Å²) in [4.78, 5) is 20.3. The van der Waals surface area contributed by atoms with E-state index < -0.39 is 13.4 Å². The highest BCUT2D eigenvalue weighted by atomic mass is 33.1. The van der Waals surface area contributed by atoms with Crippen LogP contribution in [-0.4, -0.2) is 24.0 Å². The molecule has 0 radical (unpaired) electrons. The number of rotatable bonds is 9. The Bertz CT molecular complexity index is 801. The monoisotopic (exact) mass is 470 g/mol. The van der Waals surface area contributed by atoms with Gasteiger partial charge in [0.05, 0.1) is 0 Å². The maximum atomic E-state index is 9.14. The molecule has 142 valence electrons. The number of hydrogen-bond donors (Lipinski definition) is 2. The van der Waals surface area contributed by atoms with Crippen LogP contribution in [0.5, 0.6) is 11.5 Å². The lowest BCUT2D eigenvalue weighted by Gasteiger charge is -2.18. The number of hydrogen-bond acceptors (Lipinski definition) is 8. The summed E-state index contributed by atoms with van der Waals surface area (Å²) in [6, 6.07) is 14.3. The van der Waals surface area contributed by atoms with E-state index in [1.165, 1.54) is 14.2 Å². The Kier molecular flexibility index (Phi) is 8.43. The summed E-state index contributed by atoms with van der Waals surface area (Å²) in [5.41, 5.74) is 0. The van der Waals surface area contributed by atoms with Crippen molar-refractivity contribution in [3.05, 3.63) is 48.5 Å². The van der Waals surface area contributed by atoms with Crippen molar-refractivity contribution in [1.82, 2.24) is 0 Å². The van der Waals surface area contributed by atoms with E-state index in [-0.39, 0.29) is 0 Å². The Hall–Kier alpha value is -0.120. The number of benzene rings is 2. The zero-order valence-corrected chi connectivity index (χ0v) is 18.7. The predicted octanol–water partition coefficient (Wildman–Crippen LogP) is 4.97. The first-order valence-corrected chi connectivity index (χ1v) is 14.3. The van der Waals surface area contributed by atoms with E-state index in [0.29, 0.717) is 11.5 Å². The molecule has 0 aliphatic carbocycles. The Morgan fingerprint density at radius 2 is 1.12 bits per heavy atom. The van der Waals surface area contributed by atoms with E-state index in [1.54, 1.807) is 45.9 Å². The molecule has 2 aromatic carbocycles. The van der Waals surface area contributed by atoms with Crippen LogP contribution in [0.4, 0.5) is 0 Å².